The molecule has 3 rings (SSSR count). The molecule has 4 nitrogen and oxygen atoms in total. The molecule has 2 aromatic heterocycles. The normalized spacial score (nSPS) is 13.0. The molecule has 0 spiro atoms. The van der Waals surface area contributed by atoms with Gasteiger partial charge in [-0.25, -0.2) is 4.68 Å². The lowest BCUT2D eigenvalue weighted by molar-refractivity contribution is 0.449. The number of aromatic nitrogens is 2. The van der Waals surface area contributed by atoms with Crippen molar-refractivity contribution in [2.45, 2.75) is 13.0 Å². The molecule has 0 aliphatic carbocycles. The molecule has 92 valence electrons. The van der Waals surface area contributed by atoms with Crippen molar-refractivity contribution in [3.8, 4) is 0 Å². The minimum atomic E-state index is -0.0382. The molecule has 18 heavy (non-hydrogen) atoms. The van der Waals surface area contributed by atoms with Crippen molar-refractivity contribution in [2.24, 2.45) is 0 Å². The van der Waals surface area contributed by atoms with Gasteiger partial charge in [0.25, 0.3) is 0 Å². The van der Waals surface area contributed by atoms with Gasteiger partial charge in [-0.2, -0.15) is 5.10 Å². The first-order valence-electron chi connectivity index (χ1n) is 5.64. The van der Waals surface area contributed by atoms with Gasteiger partial charge in [-0.1, -0.05) is 18.2 Å². The summed E-state index contributed by atoms with van der Waals surface area (Å²) in [6.07, 6.45) is 1.69. The molecule has 0 bridgehead atoms. The SMILES string of the molecule is CC(c1cc2ccccc2o1)n1ncc(Br)c1N. The first-order chi connectivity index (χ1) is 8.66. The Morgan fingerprint density at radius 2 is 2.17 bits per heavy atom. The first kappa shape index (κ1) is 11.3. The van der Waals surface area contributed by atoms with E-state index in [1.165, 1.54) is 0 Å². The number of furan rings is 1. The third-order valence-electron chi connectivity index (χ3n) is 3.01. The summed E-state index contributed by atoms with van der Waals surface area (Å²) in [4.78, 5) is 0. The number of halogens is 1. The summed E-state index contributed by atoms with van der Waals surface area (Å²) in [5.74, 6) is 1.45. The van der Waals surface area contributed by atoms with Gasteiger partial charge in [0.05, 0.1) is 10.7 Å². The Morgan fingerprint density at radius 1 is 1.39 bits per heavy atom. The van der Waals surface area contributed by atoms with Crippen molar-refractivity contribution in [1.29, 1.82) is 0 Å². The number of nitrogens with zero attached hydrogens (tertiary/aromatic N) is 2. The average Bonchev–Trinajstić information content (AvgIpc) is 2.94. The van der Waals surface area contributed by atoms with Crippen molar-refractivity contribution in [2.75, 3.05) is 5.73 Å². The van der Waals surface area contributed by atoms with Crippen molar-refractivity contribution in [3.05, 3.63) is 46.8 Å². The third kappa shape index (κ3) is 1.71. The first-order valence-corrected chi connectivity index (χ1v) is 6.43. The molecule has 3 aromatic rings. The van der Waals surface area contributed by atoms with Crippen LogP contribution in [0.3, 0.4) is 0 Å². The molecule has 1 unspecified atom stereocenters. The standard InChI is InChI=1S/C13H12BrN3O/c1-8(17-13(15)10(14)7-16-17)12-6-9-4-2-3-5-11(9)18-12/h2-8H,15H2,1H3. The Bertz CT molecular complexity index is 668. The second-order valence-corrected chi connectivity index (χ2v) is 5.04. The smallest absolute Gasteiger partial charge is 0.136 e. The summed E-state index contributed by atoms with van der Waals surface area (Å²) in [5.41, 5.74) is 6.83. The van der Waals surface area contributed by atoms with Crippen LogP contribution in [0.5, 0.6) is 0 Å². The second kappa shape index (κ2) is 4.17. The van der Waals surface area contributed by atoms with Gasteiger partial charge in [-0.3, -0.25) is 0 Å². The van der Waals surface area contributed by atoms with E-state index in [9.17, 15) is 0 Å². The summed E-state index contributed by atoms with van der Waals surface area (Å²) in [6, 6.07) is 9.91. The predicted molar refractivity (Wildman–Crippen MR) is 74.4 cm³/mol. The highest BCUT2D eigenvalue weighted by Gasteiger charge is 2.17. The van der Waals surface area contributed by atoms with Gasteiger partial charge in [0.2, 0.25) is 0 Å². The zero-order valence-electron chi connectivity index (χ0n) is 9.80. The maximum atomic E-state index is 5.95. The van der Waals surface area contributed by atoms with Crippen LogP contribution >= 0.6 is 15.9 Å². The fraction of sp³-hybridized carbons (Fsp3) is 0.154. The molecule has 1 atom stereocenters. The lowest BCUT2D eigenvalue weighted by Crippen LogP contribution is -2.10. The van der Waals surface area contributed by atoms with Gasteiger partial charge < -0.3 is 10.2 Å². The number of fused-ring (bicyclic) bond motifs is 1. The number of hydrogen-bond acceptors (Lipinski definition) is 3. The molecule has 1 aromatic carbocycles. The summed E-state index contributed by atoms with van der Waals surface area (Å²) >= 11 is 3.35. The molecular weight excluding hydrogens is 294 g/mol. The number of nitrogen functional groups attached to an aromatic ring is 1. The van der Waals surface area contributed by atoms with E-state index in [-0.39, 0.29) is 6.04 Å². The Morgan fingerprint density at radius 3 is 2.83 bits per heavy atom. The van der Waals surface area contributed by atoms with Crippen LogP contribution in [-0.2, 0) is 0 Å². The lowest BCUT2D eigenvalue weighted by atomic mass is 10.2. The predicted octanol–water partition coefficient (Wildman–Crippen LogP) is 3.58. The number of anilines is 1. The molecular formula is C13H12BrN3O. The van der Waals surface area contributed by atoms with Gasteiger partial charge in [-0.05, 0) is 35.0 Å². The van der Waals surface area contributed by atoms with Crippen LogP contribution in [0.1, 0.15) is 18.7 Å². The Labute approximate surface area is 113 Å². The Kier molecular flexibility index (Phi) is 2.63. The second-order valence-electron chi connectivity index (χ2n) is 4.18. The van der Waals surface area contributed by atoms with Gasteiger partial charge in [-0.15, -0.1) is 0 Å². The van der Waals surface area contributed by atoms with Crippen LogP contribution in [0.2, 0.25) is 0 Å². The number of rotatable bonds is 2. The zero-order valence-corrected chi connectivity index (χ0v) is 11.4. The zero-order chi connectivity index (χ0) is 12.7. The van der Waals surface area contributed by atoms with Crippen molar-refractivity contribution in [3.63, 3.8) is 0 Å². The van der Waals surface area contributed by atoms with Gasteiger partial charge in [0, 0.05) is 5.39 Å². The van der Waals surface area contributed by atoms with Crippen LogP contribution in [0.15, 0.2) is 45.4 Å². The van der Waals surface area contributed by atoms with E-state index in [0.717, 1.165) is 21.2 Å². The van der Waals surface area contributed by atoms with E-state index < -0.39 is 0 Å². The Hall–Kier alpha value is -1.75. The number of hydrogen-bond donors (Lipinski definition) is 1. The summed E-state index contributed by atoms with van der Waals surface area (Å²) in [7, 11) is 0. The topological polar surface area (TPSA) is 57.0 Å². The number of benzene rings is 1. The highest BCUT2D eigenvalue weighted by atomic mass is 79.9. The molecule has 2 heterocycles. The number of para-hydroxylation sites is 1. The van der Waals surface area contributed by atoms with Gasteiger partial charge in [0.15, 0.2) is 0 Å². The van der Waals surface area contributed by atoms with Gasteiger partial charge in [0.1, 0.15) is 23.2 Å². The highest BCUT2D eigenvalue weighted by molar-refractivity contribution is 9.10. The van der Waals surface area contributed by atoms with E-state index in [2.05, 4.69) is 21.0 Å². The fourth-order valence-electron chi connectivity index (χ4n) is 1.99. The highest BCUT2D eigenvalue weighted by Crippen LogP contribution is 2.29. The molecule has 0 saturated heterocycles. The molecule has 0 fully saturated rings. The molecule has 0 amide bonds. The number of nitrogens with two attached hydrogens (primary N) is 1. The largest absolute Gasteiger partial charge is 0.459 e. The minimum Gasteiger partial charge on any atom is -0.459 e. The van der Waals surface area contributed by atoms with E-state index in [0.29, 0.717) is 5.82 Å². The molecule has 5 heteroatoms. The van der Waals surface area contributed by atoms with Crippen LogP contribution < -0.4 is 5.73 Å². The third-order valence-corrected chi connectivity index (χ3v) is 3.62. The maximum Gasteiger partial charge on any atom is 0.136 e. The molecule has 0 saturated carbocycles. The van der Waals surface area contributed by atoms with Crippen LogP contribution in [0, 0.1) is 0 Å². The monoisotopic (exact) mass is 305 g/mol. The summed E-state index contributed by atoms with van der Waals surface area (Å²) in [5, 5.41) is 5.33. The van der Waals surface area contributed by atoms with E-state index in [1.807, 2.05) is 37.3 Å². The van der Waals surface area contributed by atoms with E-state index in [4.69, 9.17) is 10.2 Å². The average molecular weight is 306 g/mol. The Balaban J connectivity index is 2.06. The van der Waals surface area contributed by atoms with Crippen molar-refractivity contribution < 1.29 is 4.42 Å². The quantitative estimate of drug-likeness (QED) is 0.787. The summed E-state index contributed by atoms with van der Waals surface area (Å²) in [6.45, 7) is 2.01. The lowest BCUT2D eigenvalue weighted by Gasteiger charge is -2.10. The maximum absolute atomic E-state index is 5.95. The van der Waals surface area contributed by atoms with Gasteiger partial charge >= 0.3 is 0 Å². The molecule has 0 aliphatic rings. The minimum absolute atomic E-state index is 0.0382. The fourth-order valence-corrected chi connectivity index (χ4v) is 2.26. The van der Waals surface area contributed by atoms with Crippen LogP contribution in [-0.4, -0.2) is 9.78 Å². The molecule has 2 N–H and O–H groups in total. The van der Waals surface area contributed by atoms with Crippen LogP contribution in [0.25, 0.3) is 11.0 Å². The van der Waals surface area contributed by atoms with E-state index >= 15 is 0 Å². The van der Waals surface area contributed by atoms with Crippen molar-refractivity contribution in [1.82, 2.24) is 9.78 Å². The van der Waals surface area contributed by atoms with Crippen LogP contribution in [0.4, 0.5) is 5.82 Å². The molecule has 0 aliphatic heterocycles. The van der Waals surface area contributed by atoms with Crippen molar-refractivity contribution >= 4 is 32.7 Å². The molecule has 0 radical (unpaired) electrons. The van der Waals surface area contributed by atoms with E-state index in [1.54, 1.807) is 10.9 Å². The summed E-state index contributed by atoms with van der Waals surface area (Å²) < 4.78 is 8.35.